The largest absolute Gasteiger partial charge is 0.505 e. The zero-order valence-corrected chi connectivity index (χ0v) is 5.93. The summed E-state index contributed by atoms with van der Waals surface area (Å²) in [5.74, 6) is 0.278. The maximum Gasteiger partial charge on any atom is 0.152 e. The van der Waals surface area contributed by atoms with Gasteiger partial charge in [0.1, 0.15) is 5.52 Å². The van der Waals surface area contributed by atoms with Crippen LogP contribution in [0.15, 0.2) is 23.7 Å². The molecule has 2 nitrogen and oxygen atoms in total. The van der Waals surface area contributed by atoms with Gasteiger partial charge in [-0.05, 0) is 12.1 Å². The number of pyridine rings is 1. The molecule has 2 aromatic rings. The highest BCUT2D eigenvalue weighted by atomic mass is 32.1. The second kappa shape index (κ2) is 1.95. The lowest BCUT2D eigenvalue weighted by atomic mass is 10.4. The molecule has 3 heteroatoms. The Hall–Kier alpha value is -1.09. The van der Waals surface area contributed by atoms with Crippen LogP contribution in [-0.2, 0) is 0 Å². The SMILES string of the molecule is Oc1csc2cccnc12. The van der Waals surface area contributed by atoms with E-state index in [1.54, 1.807) is 11.6 Å². The molecule has 0 fully saturated rings. The second-order valence-corrected chi connectivity index (χ2v) is 2.88. The Morgan fingerprint density at radius 2 is 2.40 bits per heavy atom. The summed E-state index contributed by atoms with van der Waals surface area (Å²) in [6.07, 6.45) is 1.68. The third kappa shape index (κ3) is 0.675. The minimum Gasteiger partial charge on any atom is -0.505 e. The Balaban J connectivity index is 2.93. The fourth-order valence-corrected chi connectivity index (χ4v) is 1.63. The van der Waals surface area contributed by atoms with Gasteiger partial charge in [0.05, 0.1) is 4.70 Å². The van der Waals surface area contributed by atoms with E-state index in [9.17, 15) is 0 Å². The third-order valence-electron chi connectivity index (χ3n) is 1.31. The van der Waals surface area contributed by atoms with Gasteiger partial charge in [-0.3, -0.25) is 4.98 Å². The van der Waals surface area contributed by atoms with Crippen LogP contribution in [0, 0.1) is 0 Å². The van der Waals surface area contributed by atoms with Crippen LogP contribution in [0.25, 0.3) is 10.2 Å². The molecule has 0 radical (unpaired) electrons. The molecule has 0 amide bonds. The Morgan fingerprint density at radius 3 is 3.20 bits per heavy atom. The number of rotatable bonds is 0. The van der Waals surface area contributed by atoms with E-state index in [1.165, 1.54) is 11.3 Å². The van der Waals surface area contributed by atoms with Crippen LogP contribution in [-0.4, -0.2) is 10.1 Å². The number of hydrogen-bond donors (Lipinski definition) is 1. The summed E-state index contributed by atoms with van der Waals surface area (Å²) in [7, 11) is 0. The Labute approximate surface area is 61.8 Å². The quantitative estimate of drug-likeness (QED) is 0.624. The molecule has 50 valence electrons. The van der Waals surface area contributed by atoms with E-state index in [-0.39, 0.29) is 5.75 Å². The molecule has 2 heterocycles. The van der Waals surface area contributed by atoms with Crippen LogP contribution in [0.3, 0.4) is 0 Å². The van der Waals surface area contributed by atoms with Crippen molar-refractivity contribution in [1.82, 2.24) is 4.98 Å². The van der Waals surface area contributed by atoms with Gasteiger partial charge in [-0.1, -0.05) is 0 Å². The van der Waals surface area contributed by atoms with Gasteiger partial charge in [0.15, 0.2) is 5.75 Å². The van der Waals surface area contributed by atoms with E-state index in [4.69, 9.17) is 5.11 Å². The summed E-state index contributed by atoms with van der Waals surface area (Å²) in [5.41, 5.74) is 0.701. The number of hydrogen-bond acceptors (Lipinski definition) is 3. The second-order valence-electron chi connectivity index (χ2n) is 1.97. The summed E-state index contributed by atoms with van der Waals surface area (Å²) >= 11 is 1.50. The van der Waals surface area contributed by atoms with Gasteiger partial charge in [0.25, 0.3) is 0 Å². The Kier molecular flexibility index (Phi) is 1.11. The maximum absolute atomic E-state index is 9.16. The highest BCUT2D eigenvalue weighted by Gasteiger charge is 1.99. The first-order valence-corrected chi connectivity index (χ1v) is 3.77. The third-order valence-corrected chi connectivity index (χ3v) is 2.24. The summed E-state index contributed by atoms with van der Waals surface area (Å²) in [4.78, 5) is 4.00. The normalized spacial score (nSPS) is 10.4. The van der Waals surface area contributed by atoms with Crippen LogP contribution < -0.4 is 0 Å². The summed E-state index contributed by atoms with van der Waals surface area (Å²) in [5, 5.41) is 10.9. The highest BCUT2D eigenvalue weighted by Crippen LogP contribution is 2.28. The monoisotopic (exact) mass is 151 g/mol. The van der Waals surface area contributed by atoms with E-state index < -0.39 is 0 Å². The molecule has 0 aromatic carbocycles. The van der Waals surface area contributed by atoms with Crippen molar-refractivity contribution in [2.24, 2.45) is 0 Å². The highest BCUT2D eigenvalue weighted by molar-refractivity contribution is 7.17. The zero-order chi connectivity index (χ0) is 6.97. The lowest BCUT2D eigenvalue weighted by molar-refractivity contribution is 0.482. The average Bonchev–Trinajstić information content (AvgIpc) is 2.34. The predicted octanol–water partition coefficient (Wildman–Crippen LogP) is 2.00. The molecule has 0 aliphatic heterocycles. The van der Waals surface area contributed by atoms with Crippen LogP contribution in [0.2, 0.25) is 0 Å². The Bertz CT molecular complexity index is 355. The molecule has 0 bridgehead atoms. The molecule has 0 saturated heterocycles. The average molecular weight is 151 g/mol. The summed E-state index contributed by atoms with van der Waals surface area (Å²) in [6.45, 7) is 0. The lowest BCUT2D eigenvalue weighted by Gasteiger charge is -1.85. The minimum absolute atomic E-state index is 0.278. The topological polar surface area (TPSA) is 33.1 Å². The fraction of sp³-hybridized carbons (Fsp3) is 0. The molecule has 0 unspecified atom stereocenters. The zero-order valence-electron chi connectivity index (χ0n) is 5.11. The van der Waals surface area contributed by atoms with Crippen molar-refractivity contribution in [3.8, 4) is 5.75 Å². The maximum atomic E-state index is 9.16. The smallest absolute Gasteiger partial charge is 0.152 e. The molecule has 0 saturated carbocycles. The van der Waals surface area contributed by atoms with Gasteiger partial charge >= 0.3 is 0 Å². The van der Waals surface area contributed by atoms with Gasteiger partial charge in [0.2, 0.25) is 0 Å². The van der Waals surface area contributed by atoms with Gasteiger partial charge in [-0.15, -0.1) is 11.3 Å². The minimum atomic E-state index is 0.278. The van der Waals surface area contributed by atoms with Crippen molar-refractivity contribution in [3.05, 3.63) is 23.7 Å². The first-order chi connectivity index (χ1) is 4.88. The van der Waals surface area contributed by atoms with Crippen molar-refractivity contribution >= 4 is 21.6 Å². The van der Waals surface area contributed by atoms with Crippen molar-refractivity contribution < 1.29 is 5.11 Å². The summed E-state index contributed by atoms with van der Waals surface area (Å²) < 4.78 is 1.03. The van der Waals surface area contributed by atoms with E-state index >= 15 is 0 Å². The number of nitrogens with zero attached hydrogens (tertiary/aromatic N) is 1. The molecule has 2 aromatic heterocycles. The molecule has 0 spiro atoms. The number of aromatic nitrogens is 1. The van der Waals surface area contributed by atoms with Crippen LogP contribution >= 0.6 is 11.3 Å². The van der Waals surface area contributed by atoms with Crippen molar-refractivity contribution in [1.29, 1.82) is 0 Å². The number of thiophene rings is 1. The molecule has 1 N–H and O–H groups in total. The first-order valence-electron chi connectivity index (χ1n) is 2.89. The van der Waals surface area contributed by atoms with Gasteiger partial charge in [-0.2, -0.15) is 0 Å². The predicted molar refractivity (Wildman–Crippen MR) is 41.3 cm³/mol. The molecule has 10 heavy (non-hydrogen) atoms. The molecular formula is C7H5NOS. The van der Waals surface area contributed by atoms with E-state index in [0.717, 1.165) is 4.70 Å². The molecule has 0 atom stereocenters. The number of aromatic hydroxyl groups is 1. The van der Waals surface area contributed by atoms with E-state index in [1.807, 2.05) is 12.1 Å². The van der Waals surface area contributed by atoms with Crippen LogP contribution in [0.5, 0.6) is 5.75 Å². The lowest BCUT2D eigenvalue weighted by Crippen LogP contribution is -1.68. The van der Waals surface area contributed by atoms with Crippen molar-refractivity contribution in [3.63, 3.8) is 0 Å². The summed E-state index contributed by atoms with van der Waals surface area (Å²) in [6, 6.07) is 3.80. The first kappa shape index (κ1) is 5.68. The molecular weight excluding hydrogens is 146 g/mol. The van der Waals surface area contributed by atoms with Crippen molar-refractivity contribution in [2.75, 3.05) is 0 Å². The van der Waals surface area contributed by atoms with Gasteiger partial charge < -0.3 is 5.11 Å². The van der Waals surface area contributed by atoms with E-state index in [2.05, 4.69) is 4.98 Å². The fourth-order valence-electron chi connectivity index (χ4n) is 0.853. The Morgan fingerprint density at radius 1 is 1.50 bits per heavy atom. The van der Waals surface area contributed by atoms with Crippen molar-refractivity contribution in [2.45, 2.75) is 0 Å². The van der Waals surface area contributed by atoms with Crippen LogP contribution in [0.4, 0.5) is 0 Å². The molecule has 0 aliphatic carbocycles. The standard InChI is InChI=1S/C7H5NOS/c9-5-4-10-6-2-1-3-8-7(5)6/h1-4,9H. The number of fused-ring (bicyclic) bond motifs is 1. The molecule has 0 aliphatic rings. The molecule has 2 rings (SSSR count). The van der Waals surface area contributed by atoms with Crippen LogP contribution in [0.1, 0.15) is 0 Å². The van der Waals surface area contributed by atoms with E-state index in [0.29, 0.717) is 5.52 Å². The van der Waals surface area contributed by atoms with Gasteiger partial charge in [0, 0.05) is 11.6 Å². The van der Waals surface area contributed by atoms with Gasteiger partial charge in [-0.25, -0.2) is 0 Å².